The summed E-state index contributed by atoms with van der Waals surface area (Å²) in [5, 5.41) is 12.1. The Kier molecular flexibility index (Phi) is 3.84. The van der Waals surface area contributed by atoms with Crippen molar-refractivity contribution in [1.82, 2.24) is 5.32 Å². The Morgan fingerprint density at radius 3 is 2.47 bits per heavy atom. The number of nitriles is 1. The number of hydrogen-bond donors (Lipinski definition) is 1. The molecule has 1 saturated carbocycles. The molecule has 100 valence electrons. The minimum Gasteiger partial charge on any atom is -0.348 e. The lowest BCUT2D eigenvalue weighted by Gasteiger charge is -2.23. The summed E-state index contributed by atoms with van der Waals surface area (Å²) in [6, 6.07) is 7.98. The van der Waals surface area contributed by atoms with Crippen LogP contribution in [0.25, 0.3) is 0 Å². The minimum absolute atomic E-state index is 0.204. The Balaban J connectivity index is 2.06. The van der Waals surface area contributed by atoms with Gasteiger partial charge in [-0.3, -0.25) is 4.79 Å². The highest BCUT2D eigenvalue weighted by atomic mass is 19.1. The molecule has 1 atom stereocenters. The third-order valence-electron chi connectivity index (χ3n) is 3.82. The van der Waals surface area contributed by atoms with Gasteiger partial charge < -0.3 is 5.32 Å². The van der Waals surface area contributed by atoms with E-state index in [1.807, 2.05) is 6.92 Å². The average molecular weight is 260 g/mol. The van der Waals surface area contributed by atoms with Gasteiger partial charge in [0.2, 0.25) is 5.91 Å². The van der Waals surface area contributed by atoms with Crippen molar-refractivity contribution >= 4 is 5.91 Å². The quantitative estimate of drug-likeness (QED) is 0.908. The summed E-state index contributed by atoms with van der Waals surface area (Å²) >= 11 is 0. The van der Waals surface area contributed by atoms with E-state index in [2.05, 4.69) is 11.4 Å². The highest BCUT2D eigenvalue weighted by Gasteiger charge is 2.41. The van der Waals surface area contributed by atoms with Crippen LogP contribution in [-0.4, -0.2) is 5.91 Å². The lowest BCUT2D eigenvalue weighted by atomic mass is 9.86. The largest absolute Gasteiger partial charge is 0.348 e. The van der Waals surface area contributed by atoms with Gasteiger partial charge in [-0.05, 0) is 37.5 Å². The molecular weight excluding hydrogens is 243 g/mol. The molecule has 19 heavy (non-hydrogen) atoms. The van der Waals surface area contributed by atoms with Gasteiger partial charge in [-0.15, -0.1) is 0 Å². The van der Waals surface area contributed by atoms with Gasteiger partial charge in [0, 0.05) is 0 Å². The van der Waals surface area contributed by atoms with E-state index >= 15 is 0 Å². The highest BCUT2D eigenvalue weighted by Crippen LogP contribution is 2.38. The predicted molar refractivity (Wildman–Crippen MR) is 69.5 cm³/mol. The summed E-state index contributed by atoms with van der Waals surface area (Å²) in [5.41, 5.74) is -0.0327. The van der Waals surface area contributed by atoms with Crippen LogP contribution in [0.3, 0.4) is 0 Å². The molecule has 1 aromatic rings. The number of carbonyl (C=O) groups excluding carboxylic acids is 1. The molecule has 2 rings (SSSR count). The molecule has 1 amide bonds. The molecule has 0 saturated heterocycles. The van der Waals surface area contributed by atoms with Crippen LogP contribution in [0.1, 0.15) is 44.2 Å². The highest BCUT2D eigenvalue weighted by molar-refractivity contribution is 5.86. The first-order valence-corrected chi connectivity index (χ1v) is 6.55. The maximum Gasteiger partial charge on any atom is 0.240 e. The van der Waals surface area contributed by atoms with Crippen LogP contribution >= 0.6 is 0 Å². The summed E-state index contributed by atoms with van der Waals surface area (Å²) in [5.74, 6) is -0.504. The predicted octanol–water partition coefficient (Wildman–Crippen LogP) is 3.09. The molecule has 1 aliphatic rings. The fourth-order valence-corrected chi connectivity index (χ4v) is 2.54. The Morgan fingerprint density at radius 1 is 1.37 bits per heavy atom. The lowest BCUT2D eigenvalue weighted by molar-refractivity contribution is -0.128. The fraction of sp³-hybridized carbons (Fsp3) is 0.467. The van der Waals surface area contributed by atoms with Crippen molar-refractivity contribution in [3.05, 3.63) is 35.6 Å². The van der Waals surface area contributed by atoms with Gasteiger partial charge in [0.05, 0.1) is 12.1 Å². The van der Waals surface area contributed by atoms with Crippen LogP contribution in [0.2, 0.25) is 0 Å². The summed E-state index contributed by atoms with van der Waals surface area (Å²) in [6.45, 7) is 1.84. The van der Waals surface area contributed by atoms with Crippen molar-refractivity contribution in [2.24, 2.45) is 5.41 Å². The standard InChI is InChI=1S/C15H17FN2O/c1-11(12-4-6-13(16)7-5-12)18-14(19)15(10-17)8-2-3-9-15/h4-7,11H,2-3,8-9H2,1H3,(H,18,19). The molecule has 3 nitrogen and oxygen atoms in total. The molecule has 0 heterocycles. The molecular formula is C15H17FN2O. The second-order valence-corrected chi connectivity index (χ2v) is 5.15. The van der Waals surface area contributed by atoms with E-state index < -0.39 is 5.41 Å². The number of nitrogens with one attached hydrogen (secondary N) is 1. The molecule has 0 aliphatic heterocycles. The zero-order chi connectivity index (χ0) is 13.9. The Hall–Kier alpha value is -1.89. The van der Waals surface area contributed by atoms with Crippen molar-refractivity contribution < 1.29 is 9.18 Å². The number of benzene rings is 1. The lowest BCUT2D eigenvalue weighted by Crippen LogP contribution is -2.39. The summed E-state index contributed by atoms with van der Waals surface area (Å²) in [6.07, 6.45) is 3.11. The summed E-state index contributed by atoms with van der Waals surface area (Å²) in [4.78, 5) is 12.2. The third kappa shape index (κ3) is 2.76. The molecule has 0 spiro atoms. The van der Waals surface area contributed by atoms with Crippen LogP contribution in [0, 0.1) is 22.6 Å². The van der Waals surface area contributed by atoms with Crippen molar-refractivity contribution in [3.63, 3.8) is 0 Å². The number of carbonyl (C=O) groups is 1. The molecule has 1 N–H and O–H groups in total. The number of amides is 1. The van der Waals surface area contributed by atoms with E-state index in [1.54, 1.807) is 12.1 Å². The molecule has 0 bridgehead atoms. The van der Waals surface area contributed by atoms with Gasteiger partial charge in [0.15, 0.2) is 0 Å². The van der Waals surface area contributed by atoms with E-state index in [-0.39, 0.29) is 17.8 Å². The van der Waals surface area contributed by atoms with Crippen LogP contribution in [-0.2, 0) is 4.79 Å². The van der Waals surface area contributed by atoms with E-state index in [0.29, 0.717) is 12.8 Å². The SMILES string of the molecule is CC(NC(=O)C1(C#N)CCCC1)c1ccc(F)cc1. The average Bonchev–Trinajstić information content (AvgIpc) is 2.89. The maximum absolute atomic E-state index is 12.8. The van der Waals surface area contributed by atoms with Gasteiger partial charge in [-0.25, -0.2) is 4.39 Å². The van der Waals surface area contributed by atoms with Crippen molar-refractivity contribution in [3.8, 4) is 6.07 Å². The number of halogens is 1. The first-order valence-electron chi connectivity index (χ1n) is 6.55. The van der Waals surface area contributed by atoms with Crippen molar-refractivity contribution in [1.29, 1.82) is 5.26 Å². The molecule has 1 unspecified atom stereocenters. The van der Waals surface area contributed by atoms with Gasteiger partial charge in [-0.1, -0.05) is 25.0 Å². The maximum atomic E-state index is 12.8. The van der Waals surface area contributed by atoms with E-state index in [9.17, 15) is 14.4 Å². The molecule has 1 fully saturated rings. The fourth-order valence-electron chi connectivity index (χ4n) is 2.54. The number of rotatable bonds is 3. The van der Waals surface area contributed by atoms with Crippen LogP contribution in [0.5, 0.6) is 0 Å². The van der Waals surface area contributed by atoms with Crippen molar-refractivity contribution in [2.75, 3.05) is 0 Å². The number of hydrogen-bond acceptors (Lipinski definition) is 2. The van der Waals surface area contributed by atoms with Crippen molar-refractivity contribution in [2.45, 2.75) is 38.6 Å². The zero-order valence-electron chi connectivity index (χ0n) is 10.9. The van der Waals surface area contributed by atoms with Gasteiger partial charge in [0.1, 0.15) is 11.2 Å². The molecule has 4 heteroatoms. The van der Waals surface area contributed by atoms with Crippen LogP contribution in [0.4, 0.5) is 4.39 Å². The van der Waals surface area contributed by atoms with E-state index in [4.69, 9.17) is 0 Å². The van der Waals surface area contributed by atoms with Gasteiger partial charge >= 0.3 is 0 Å². The van der Waals surface area contributed by atoms with Crippen LogP contribution < -0.4 is 5.32 Å². The summed E-state index contributed by atoms with van der Waals surface area (Å²) < 4.78 is 12.8. The van der Waals surface area contributed by atoms with Gasteiger partial charge in [0.25, 0.3) is 0 Å². The van der Waals surface area contributed by atoms with E-state index in [1.165, 1.54) is 12.1 Å². The second kappa shape index (κ2) is 5.40. The molecule has 1 aliphatic carbocycles. The first-order chi connectivity index (χ1) is 9.07. The van der Waals surface area contributed by atoms with Gasteiger partial charge in [-0.2, -0.15) is 5.26 Å². The minimum atomic E-state index is -0.867. The molecule has 0 radical (unpaired) electrons. The topological polar surface area (TPSA) is 52.9 Å². The normalized spacial score (nSPS) is 18.6. The number of nitrogens with zero attached hydrogens (tertiary/aromatic N) is 1. The third-order valence-corrected chi connectivity index (χ3v) is 3.82. The Bertz CT molecular complexity index is 498. The zero-order valence-corrected chi connectivity index (χ0v) is 10.9. The van der Waals surface area contributed by atoms with Crippen LogP contribution in [0.15, 0.2) is 24.3 Å². The smallest absolute Gasteiger partial charge is 0.240 e. The van der Waals surface area contributed by atoms with E-state index in [0.717, 1.165) is 18.4 Å². The summed E-state index contributed by atoms with van der Waals surface area (Å²) in [7, 11) is 0. The Morgan fingerprint density at radius 2 is 1.95 bits per heavy atom. The molecule has 1 aromatic carbocycles. The second-order valence-electron chi connectivity index (χ2n) is 5.15. The first kappa shape index (κ1) is 13.5. The molecule has 0 aromatic heterocycles. The Labute approximate surface area is 112 Å². The monoisotopic (exact) mass is 260 g/mol.